The molecule has 10 heteroatoms. The number of allylic oxidation sites excluding steroid dienone is 4. The number of hydrogen-bond acceptors (Lipinski definition) is 4. The normalized spacial score (nSPS) is 13.1. The third-order valence-corrected chi connectivity index (χ3v) is 2.80. The minimum atomic E-state index is -4.83. The lowest BCUT2D eigenvalue weighted by atomic mass is 10.0. The van der Waals surface area contributed by atoms with E-state index in [-0.39, 0.29) is 5.78 Å². The topological polar surface area (TPSA) is 87.6 Å². The van der Waals surface area contributed by atoms with Crippen LogP contribution < -0.4 is 5.56 Å². The Morgan fingerprint density at radius 2 is 2.22 bits per heavy atom. The number of halogens is 3. The summed E-state index contributed by atoms with van der Waals surface area (Å²) in [6, 6.07) is 1.82. The van der Waals surface area contributed by atoms with Gasteiger partial charge in [-0.1, -0.05) is 17.0 Å². The molecule has 0 amide bonds. The number of aromatic nitrogens is 4. The van der Waals surface area contributed by atoms with Crippen molar-refractivity contribution in [2.75, 3.05) is 7.05 Å². The molecule has 0 saturated heterocycles. The van der Waals surface area contributed by atoms with Crippen molar-refractivity contribution in [2.24, 2.45) is 0 Å². The van der Waals surface area contributed by atoms with Crippen LogP contribution in [-0.2, 0) is 0 Å². The van der Waals surface area contributed by atoms with E-state index in [1.54, 1.807) is 0 Å². The first-order valence-corrected chi connectivity index (χ1v) is 6.25. The van der Waals surface area contributed by atoms with E-state index >= 15 is 0 Å². The molecule has 2 heterocycles. The molecule has 0 bridgehead atoms. The van der Waals surface area contributed by atoms with Gasteiger partial charge >= 0.3 is 12.2 Å². The lowest BCUT2D eigenvalue weighted by Crippen LogP contribution is -2.19. The summed E-state index contributed by atoms with van der Waals surface area (Å²) in [7, 11) is 1.11. The van der Waals surface area contributed by atoms with Gasteiger partial charge in [0.1, 0.15) is 11.9 Å². The van der Waals surface area contributed by atoms with Crippen molar-refractivity contribution in [2.45, 2.75) is 13.1 Å². The maximum Gasteiger partial charge on any atom is 0.431 e. The highest BCUT2D eigenvalue weighted by Crippen LogP contribution is 2.34. The number of aromatic hydroxyl groups is 1. The SMILES string of the molecule is C/C=C\C(=C(/C#[N+]C)C(F)(F)F)c1c(O)n2ncnc2[nH]c1=O. The van der Waals surface area contributed by atoms with Crippen LogP contribution in [-0.4, -0.2) is 37.9 Å². The fourth-order valence-electron chi connectivity index (χ4n) is 1.94. The maximum absolute atomic E-state index is 13.2. The molecule has 0 aliphatic rings. The number of nitrogens with zero attached hydrogens (tertiary/aromatic N) is 4. The Bertz CT molecular complexity index is 925. The quantitative estimate of drug-likeness (QED) is 0.652. The largest absolute Gasteiger partial charge is 0.493 e. The van der Waals surface area contributed by atoms with E-state index in [9.17, 15) is 23.1 Å². The van der Waals surface area contributed by atoms with E-state index < -0.39 is 34.3 Å². The number of aromatic amines is 1. The van der Waals surface area contributed by atoms with Gasteiger partial charge in [-0.15, -0.1) is 0 Å². The third kappa shape index (κ3) is 2.94. The standard InChI is InChI=1S/C13H10F3N5O2/c1-3-4-7(8(5-17-2)13(14,15)16)9-10(22)20-12-18-6-19-21(12)11(9)23/h3-4,6H,1-2H3,(H,18,19,20,22)/p+1/b4-3-. The maximum atomic E-state index is 13.2. The van der Waals surface area contributed by atoms with Crippen molar-refractivity contribution in [3.8, 4) is 11.9 Å². The van der Waals surface area contributed by atoms with Gasteiger partial charge in [0, 0.05) is 5.57 Å². The van der Waals surface area contributed by atoms with E-state index in [0.29, 0.717) is 0 Å². The van der Waals surface area contributed by atoms with Crippen LogP contribution in [0.25, 0.3) is 16.2 Å². The van der Waals surface area contributed by atoms with Gasteiger partial charge in [-0.25, -0.2) is 0 Å². The Kier molecular flexibility index (Phi) is 4.22. The molecule has 0 spiro atoms. The second kappa shape index (κ2) is 5.96. The third-order valence-electron chi connectivity index (χ3n) is 2.80. The molecule has 7 nitrogen and oxygen atoms in total. The number of H-pyrrole nitrogens is 1. The zero-order valence-corrected chi connectivity index (χ0v) is 12.0. The van der Waals surface area contributed by atoms with Crippen molar-refractivity contribution in [1.29, 1.82) is 0 Å². The summed E-state index contributed by atoms with van der Waals surface area (Å²) in [5.74, 6) is -0.869. The minimum absolute atomic E-state index is 0.0993. The minimum Gasteiger partial charge on any atom is -0.493 e. The van der Waals surface area contributed by atoms with E-state index in [2.05, 4.69) is 19.9 Å². The monoisotopic (exact) mass is 326 g/mol. The van der Waals surface area contributed by atoms with Crippen LogP contribution in [0.3, 0.4) is 0 Å². The van der Waals surface area contributed by atoms with Crippen LogP contribution in [0.1, 0.15) is 12.5 Å². The van der Waals surface area contributed by atoms with Crippen LogP contribution in [0.5, 0.6) is 5.88 Å². The summed E-state index contributed by atoms with van der Waals surface area (Å²) < 4.78 is 40.5. The fourth-order valence-corrected chi connectivity index (χ4v) is 1.94. The molecule has 2 aromatic heterocycles. The summed E-state index contributed by atoms with van der Waals surface area (Å²) in [5, 5.41) is 13.8. The number of fused-ring (bicyclic) bond motifs is 1. The van der Waals surface area contributed by atoms with Crippen molar-refractivity contribution < 1.29 is 18.3 Å². The van der Waals surface area contributed by atoms with Crippen LogP contribution in [0.15, 0.2) is 28.8 Å². The van der Waals surface area contributed by atoms with Crippen molar-refractivity contribution in [3.63, 3.8) is 0 Å². The molecular formula is C13H11F3N5O2+. The van der Waals surface area contributed by atoms with Gasteiger partial charge in [-0.05, 0) is 6.92 Å². The molecule has 0 aromatic carbocycles. The Hall–Kier alpha value is -3.09. The predicted octanol–water partition coefficient (Wildman–Crippen LogP) is 1.98. The smallest absolute Gasteiger partial charge is 0.431 e. The first-order valence-electron chi connectivity index (χ1n) is 6.25. The molecule has 0 aliphatic carbocycles. The molecule has 0 unspecified atom stereocenters. The van der Waals surface area contributed by atoms with Crippen molar-refractivity contribution >= 4 is 11.4 Å². The summed E-state index contributed by atoms with van der Waals surface area (Å²) in [5.41, 5.74) is -3.43. The van der Waals surface area contributed by atoms with Crippen molar-refractivity contribution in [1.82, 2.24) is 19.6 Å². The molecule has 2 aromatic rings. The van der Waals surface area contributed by atoms with Gasteiger partial charge in [0.2, 0.25) is 11.7 Å². The average molecular weight is 326 g/mol. The van der Waals surface area contributed by atoms with Gasteiger partial charge in [-0.2, -0.15) is 27.8 Å². The average Bonchev–Trinajstić information content (AvgIpc) is 2.91. The molecule has 0 atom stereocenters. The van der Waals surface area contributed by atoms with E-state index in [1.807, 2.05) is 6.07 Å². The second-order valence-corrected chi connectivity index (χ2v) is 4.27. The lowest BCUT2D eigenvalue weighted by Gasteiger charge is -2.10. The number of alkyl halides is 3. The molecule has 2 rings (SSSR count). The van der Waals surface area contributed by atoms with Gasteiger partial charge in [0.15, 0.2) is 5.57 Å². The Morgan fingerprint density at radius 1 is 1.52 bits per heavy atom. The summed E-state index contributed by atoms with van der Waals surface area (Å²) in [6.07, 6.45) is -1.46. The zero-order chi connectivity index (χ0) is 17.2. The first kappa shape index (κ1) is 16.3. The van der Waals surface area contributed by atoms with Gasteiger partial charge in [0.25, 0.3) is 12.6 Å². The van der Waals surface area contributed by atoms with Crippen molar-refractivity contribution in [3.05, 3.63) is 44.8 Å². The van der Waals surface area contributed by atoms with Crippen LogP contribution in [0.4, 0.5) is 13.2 Å². The summed E-state index contributed by atoms with van der Waals surface area (Å²) >= 11 is 0. The van der Waals surface area contributed by atoms with Crippen LogP contribution >= 0.6 is 0 Å². The highest BCUT2D eigenvalue weighted by atomic mass is 19.4. The second-order valence-electron chi connectivity index (χ2n) is 4.27. The summed E-state index contributed by atoms with van der Waals surface area (Å²) in [4.78, 5) is 21.3. The Labute approximate surface area is 127 Å². The molecule has 23 heavy (non-hydrogen) atoms. The molecule has 120 valence electrons. The molecule has 0 saturated carbocycles. The Balaban J connectivity index is 2.97. The molecular weight excluding hydrogens is 315 g/mol. The van der Waals surface area contributed by atoms with Crippen LogP contribution in [0, 0.1) is 6.07 Å². The van der Waals surface area contributed by atoms with Gasteiger partial charge in [-0.3, -0.25) is 9.78 Å². The summed E-state index contributed by atoms with van der Waals surface area (Å²) in [6.45, 7) is 1.47. The Morgan fingerprint density at radius 3 is 2.78 bits per heavy atom. The lowest BCUT2D eigenvalue weighted by molar-refractivity contribution is -0.0866. The highest BCUT2D eigenvalue weighted by Gasteiger charge is 2.40. The number of nitrogens with one attached hydrogen (secondary N) is 1. The number of hydrogen-bond donors (Lipinski definition) is 2. The molecule has 2 N–H and O–H groups in total. The van der Waals surface area contributed by atoms with Gasteiger partial charge in [0.05, 0.1) is 0 Å². The predicted molar refractivity (Wildman–Crippen MR) is 76.2 cm³/mol. The van der Waals surface area contributed by atoms with E-state index in [0.717, 1.165) is 24.0 Å². The molecule has 0 fully saturated rings. The number of rotatable bonds is 2. The highest BCUT2D eigenvalue weighted by molar-refractivity contribution is 5.82. The fraction of sp³-hybridized carbons (Fsp3) is 0.231. The molecule has 0 aliphatic heterocycles. The molecule has 0 radical (unpaired) electrons. The van der Waals surface area contributed by atoms with Crippen LogP contribution in [0.2, 0.25) is 0 Å². The zero-order valence-electron chi connectivity index (χ0n) is 12.0. The van der Waals surface area contributed by atoms with Gasteiger partial charge < -0.3 is 5.11 Å². The van der Waals surface area contributed by atoms with E-state index in [4.69, 9.17) is 0 Å². The first-order chi connectivity index (χ1) is 10.8. The van der Waals surface area contributed by atoms with E-state index in [1.165, 1.54) is 13.0 Å².